The zero-order valence-electron chi connectivity index (χ0n) is 63.0. The fourth-order valence-corrected chi connectivity index (χ4v) is 14.8. The van der Waals surface area contributed by atoms with Gasteiger partial charge in [0.2, 0.25) is 28.6 Å². The molecule has 0 spiro atoms. The number of benzene rings is 4. The van der Waals surface area contributed by atoms with Gasteiger partial charge in [0.05, 0.1) is 35.6 Å². The lowest BCUT2D eigenvalue weighted by Gasteiger charge is -2.34. The molecule has 108 heavy (non-hydrogen) atoms. The van der Waals surface area contributed by atoms with Crippen molar-refractivity contribution in [2.75, 3.05) is 55.4 Å². The van der Waals surface area contributed by atoms with Crippen molar-refractivity contribution in [1.29, 1.82) is 5.41 Å². The second-order valence-corrected chi connectivity index (χ2v) is 29.6. The molecule has 5 aliphatic heterocycles. The third-order valence-electron chi connectivity index (χ3n) is 20.8. The van der Waals surface area contributed by atoms with Gasteiger partial charge < -0.3 is 76.2 Å². The smallest absolute Gasteiger partial charge is 0.312 e. The number of allylic oxidation sites excluding steroid dienone is 3. The number of phenolic OH excluding ortho intramolecular Hbond substituents is 1. The third kappa shape index (κ3) is 18.5. The molecule has 10 rings (SSSR count). The summed E-state index contributed by atoms with van der Waals surface area (Å²) < 4.78 is 31.1. The number of aliphatic hydroxyl groups excluding tert-OH is 1. The van der Waals surface area contributed by atoms with E-state index in [-0.39, 0.29) is 159 Å². The lowest BCUT2D eigenvalue weighted by Crippen LogP contribution is -2.54. The van der Waals surface area contributed by atoms with E-state index in [0.29, 0.717) is 75.2 Å². The highest BCUT2D eigenvalue weighted by Gasteiger charge is 2.45. The first-order valence-corrected chi connectivity index (χ1v) is 36.9. The molecule has 5 aromatic rings. The van der Waals surface area contributed by atoms with Crippen LogP contribution in [-0.2, 0) is 59.2 Å². The van der Waals surface area contributed by atoms with Gasteiger partial charge in [0.25, 0.3) is 17.7 Å². The number of nitrogens with two attached hydrogens (primary N) is 1. The highest BCUT2D eigenvalue weighted by molar-refractivity contribution is 6.17. The number of nitrogens with one attached hydrogen (secondary N) is 6. The van der Waals surface area contributed by atoms with Gasteiger partial charge in [-0.1, -0.05) is 78.3 Å². The van der Waals surface area contributed by atoms with Gasteiger partial charge in [0.1, 0.15) is 40.9 Å². The Labute approximate surface area is 625 Å². The minimum atomic E-state index is -1.98. The van der Waals surface area contributed by atoms with Crippen molar-refractivity contribution in [3.8, 4) is 11.5 Å². The summed E-state index contributed by atoms with van der Waals surface area (Å²) in [6.07, 6.45) is 14.2. The number of imide groups is 1. The number of unbranched alkanes of at least 4 members (excludes halogenated alkanes) is 2. The first-order valence-electron chi connectivity index (χ1n) is 36.9. The molecule has 6 heterocycles. The minimum Gasteiger partial charge on any atom is -0.507 e. The molecule has 4 aromatic carbocycles. The van der Waals surface area contributed by atoms with E-state index in [2.05, 4.69) is 40.4 Å². The van der Waals surface area contributed by atoms with Crippen molar-refractivity contribution in [2.24, 2.45) is 41.2 Å². The van der Waals surface area contributed by atoms with Crippen LogP contribution in [0.4, 0.5) is 21.9 Å². The van der Waals surface area contributed by atoms with Crippen molar-refractivity contribution in [2.45, 2.75) is 176 Å². The van der Waals surface area contributed by atoms with Crippen LogP contribution < -0.4 is 58.0 Å². The Morgan fingerprint density at radius 3 is 2.28 bits per heavy atom. The predicted molar refractivity (Wildman–Crippen MR) is 405 cm³/mol. The topological polar surface area (TPSA) is 403 Å². The number of hydrogen-bond donors (Lipinski definition) is 9. The number of primary amides is 1. The van der Waals surface area contributed by atoms with Crippen LogP contribution in [0.3, 0.4) is 0 Å². The number of methoxy groups -OCH3 is 1. The molecule has 29 nitrogen and oxygen atoms in total. The molecule has 8 amide bonds. The molecule has 2 unspecified atom stereocenters. The summed E-state index contributed by atoms with van der Waals surface area (Å²) in [6, 6.07) is 6.94. The van der Waals surface area contributed by atoms with E-state index in [1.165, 1.54) is 52.4 Å². The van der Waals surface area contributed by atoms with Crippen molar-refractivity contribution in [1.82, 2.24) is 30.9 Å². The Kier molecular flexibility index (Phi) is 25.6. The van der Waals surface area contributed by atoms with E-state index in [0.717, 1.165) is 16.9 Å². The summed E-state index contributed by atoms with van der Waals surface area (Å²) in [7, 11) is 1.52. The average Bonchev–Trinajstić information content (AvgIpc) is 1.33. The number of ether oxygens (including phenoxy) is 4. The minimum absolute atomic E-state index is 0.0264. The van der Waals surface area contributed by atoms with E-state index in [4.69, 9.17) is 38.9 Å². The number of anilines is 3. The molecule has 2 fully saturated rings. The van der Waals surface area contributed by atoms with E-state index in [1.54, 1.807) is 74.4 Å². The van der Waals surface area contributed by atoms with Crippen LogP contribution in [0.1, 0.15) is 138 Å². The fourth-order valence-electron chi connectivity index (χ4n) is 14.8. The van der Waals surface area contributed by atoms with Crippen molar-refractivity contribution in [3.05, 3.63) is 121 Å². The number of rotatable bonds is 24. The van der Waals surface area contributed by atoms with Gasteiger partial charge in [-0.25, -0.2) is 9.78 Å². The van der Waals surface area contributed by atoms with E-state index in [1.807, 2.05) is 24.8 Å². The van der Waals surface area contributed by atoms with Crippen LogP contribution in [0.2, 0.25) is 0 Å². The second-order valence-electron chi connectivity index (χ2n) is 29.6. The Morgan fingerprint density at radius 2 is 1.60 bits per heavy atom. The number of carbonyl (C=O) groups is 8. The quantitative estimate of drug-likeness (QED) is 0.00534. The number of esters is 1. The number of carbonyl (C=O) groups excluding carboxylic acids is 8. The number of amides is 8. The average molecular weight is 1490 g/mol. The lowest BCUT2D eigenvalue weighted by atomic mass is 9.82. The molecule has 0 saturated carbocycles. The first kappa shape index (κ1) is 80.0. The molecule has 5 aliphatic rings. The molecule has 2 saturated heterocycles. The van der Waals surface area contributed by atoms with Gasteiger partial charge >= 0.3 is 17.8 Å². The normalized spacial score (nSPS) is 24.4. The number of piperidine rings is 1. The number of phenols is 1. The van der Waals surface area contributed by atoms with Gasteiger partial charge in [-0.05, 0) is 113 Å². The van der Waals surface area contributed by atoms with Crippen LogP contribution in [0.5, 0.6) is 11.5 Å². The largest absolute Gasteiger partial charge is 0.507 e. The van der Waals surface area contributed by atoms with Crippen LogP contribution >= 0.6 is 0 Å². The fraction of sp³-hybridized carbons (Fsp3) is 0.494. The van der Waals surface area contributed by atoms with Crippen molar-refractivity contribution in [3.63, 3.8) is 0 Å². The highest BCUT2D eigenvalue weighted by Crippen LogP contribution is 2.43. The summed E-state index contributed by atoms with van der Waals surface area (Å²) in [5, 5.41) is 48.6. The third-order valence-corrected chi connectivity index (χ3v) is 20.8. The maximum Gasteiger partial charge on any atom is 0.312 e. The zero-order valence-corrected chi connectivity index (χ0v) is 63.0. The Hall–Kier alpha value is -10.5. The molecule has 11 atom stereocenters. The number of urea groups is 1. The Bertz CT molecular complexity index is 4620. The number of fused-ring (bicyclic) bond motifs is 2. The van der Waals surface area contributed by atoms with Gasteiger partial charge in [-0.15, -0.1) is 0 Å². The van der Waals surface area contributed by atoms with E-state index < -0.39 is 82.2 Å². The number of hydrogen-bond acceptors (Lipinski definition) is 22. The standard InChI is InChI=1S/C79H99N11O18/c1-41(2)65(85-58(93)20-13-12-14-31-89-59(94)25-26-60(89)95)77(101)84-53(19-16-30-82-78(81)102)76(100)83-51-23-21-49(22-24-51)40-105-90-39-54(90)64(80)50-27-32-88(33-28-50)52-37-55(92)66-57(38-52)107-73-67(86-66)61-62-69(96)47(8)72-63(61)74(98)79(10,108-72)104-34-29-56(103-11)46(7)71(106-48(9)91)45(6)36-43(4)35-42(3)17-15-18-44(5)75(99)87-68(73)70(62)97/h15,17-18,21-26,29,34,37-38,41-43,45-46,50,53-54,56,65,71,80,96,98H,12-14,16,19-20,27-28,30-33,35-36,39-40H2,1-11H3,(H,83,100)(H,84,101)(H,85,93)(H,87,99)(H3,81,82,102)/b17-15+,34-29+,44-18-,80-64?/t42-,43+,45+,46+,53-,54?,56-,65-,71-,79-,90?/m0/s1. The highest BCUT2D eigenvalue weighted by atomic mass is 16.7. The summed E-state index contributed by atoms with van der Waals surface area (Å²) in [6.45, 7) is 19.5. The number of aromatic nitrogens is 1. The number of nitrogens with zero attached hydrogens (tertiary/aromatic N) is 4. The Balaban J connectivity index is 0.809. The molecule has 0 radical (unpaired) electrons. The second kappa shape index (κ2) is 34.6. The van der Waals surface area contributed by atoms with Gasteiger partial charge in [-0.3, -0.25) is 52.9 Å². The zero-order chi connectivity index (χ0) is 78.2. The summed E-state index contributed by atoms with van der Waals surface area (Å²) in [5.74, 6) is -7.12. The van der Waals surface area contributed by atoms with E-state index in [9.17, 15) is 58.8 Å². The summed E-state index contributed by atoms with van der Waals surface area (Å²) in [4.78, 5) is 146. The summed E-state index contributed by atoms with van der Waals surface area (Å²) in [5.41, 5.74) is 5.30. The predicted octanol–water partition coefficient (Wildman–Crippen LogP) is 8.17. The van der Waals surface area contributed by atoms with Crippen LogP contribution in [0, 0.1) is 47.8 Å². The maximum atomic E-state index is 15.2. The van der Waals surface area contributed by atoms with E-state index >= 15 is 4.79 Å². The number of aromatic hydroxyl groups is 1. The molecule has 578 valence electrons. The SMILES string of the molecule is CO[C@H]1/C=C/O[C@@]2(C)Oc3c(C)c(O)c4c(=O)c(c5oc6cc(N7CCC(C(=N)C8CN8OCc8ccc(NC(=O)[C@H](CCCNC(N)=O)NC(=O)[C@@H](NC(=O)CCCCCN9C(=O)C=CC9=O)C(C)C)cc8)CC7)cc(=O)c6nc5c4c3=C2O)NC(=O)/C(C)=C\C=C\[C@H](C)C[C@@H](C)C[C@@H](C)[C@H](OC(C)=O)[C@@H]1C. The van der Waals surface area contributed by atoms with Crippen LogP contribution in [0.25, 0.3) is 38.7 Å². The monoisotopic (exact) mass is 1490 g/mol. The number of hydroxylamine groups is 2. The van der Waals surface area contributed by atoms with Gasteiger partial charge in [0, 0.05) is 130 Å². The molecule has 1 aromatic heterocycles. The van der Waals surface area contributed by atoms with Crippen LogP contribution in [0.15, 0.2) is 98.7 Å². The molecule has 0 aliphatic carbocycles. The first-order chi connectivity index (χ1) is 51.4. The maximum absolute atomic E-state index is 15.2. The van der Waals surface area contributed by atoms with Crippen LogP contribution in [-0.4, -0.2) is 154 Å². The molecular weight excluding hydrogens is 1390 g/mol. The Morgan fingerprint density at radius 1 is 0.889 bits per heavy atom. The molecular formula is C79H99N11O18. The molecule has 29 heteroatoms. The van der Waals surface area contributed by atoms with Crippen molar-refractivity contribution < 1.29 is 76.8 Å². The lowest BCUT2D eigenvalue weighted by molar-refractivity contribution is -0.155. The number of aliphatic hydroxyl groups is 1. The molecule has 4 bridgehead atoms. The summed E-state index contributed by atoms with van der Waals surface area (Å²) >= 11 is 0. The van der Waals surface area contributed by atoms with Crippen molar-refractivity contribution >= 4 is 109 Å². The van der Waals surface area contributed by atoms with Gasteiger partial charge in [0.15, 0.2) is 22.4 Å². The van der Waals surface area contributed by atoms with Gasteiger partial charge in [-0.2, -0.15) is 5.06 Å². The molecule has 10 N–H and O–H groups in total.